The second-order valence-corrected chi connectivity index (χ2v) is 1.92. The van der Waals surface area contributed by atoms with Gasteiger partial charge in [0, 0.05) is 0 Å². The number of nitrogens with zero attached hydrogens (tertiary/aromatic N) is 1. The lowest BCUT2D eigenvalue weighted by Crippen LogP contribution is -2.09. The Morgan fingerprint density at radius 1 is 1.36 bits per heavy atom. The molecule has 3 nitrogen and oxygen atoms in total. The third kappa shape index (κ3) is 2.29. The van der Waals surface area contributed by atoms with Crippen LogP contribution in [0.1, 0.15) is 0 Å². The molecule has 0 saturated heterocycles. The van der Waals surface area contributed by atoms with E-state index in [2.05, 4.69) is 10.1 Å². The molecule has 57 valence electrons. The quantitative estimate of drug-likeness (QED) is 0.611. The zero-order valence-electron chi connectivity index (χ0n) is 6.15. The molecule has 0 aliphatic heterocycles. The summed E-state index contributed by atoms with van der Waals surface area (Å²) in [5, 5.41) is 3.62. The fourth-order valence-corrected chi connectivity index (χ4v) is 0.654. The minimum atomic E-state index is -0.573. The molecule has 0 aromatic heterocycles. The monoisotopic (exact) mass is 150 g/mol. The van der Waals surface area contributed by atoms with Crippen LogP contribution in [0, 0.1) is 0 Å². The third-order valence-electron chi connectivity index (χ3n) is 1.15. The molecular weight excluding hydrogens is 142 g/mol. The van der Waals surface area contributed by atoms with E-state index >= 15 is 0 Å². The number of ether oxygens (including phenoxy) is 1. The minimum Gasteiger partial charge on any atom is -0.451 e. The van der Waals surface area contributed by atoms with Gasteiger partial charge in [0.05, 0.1) is 12.8 Å². The summed E-state index contributed by atoms with van der Waals surface area (Å²) in [5.74, 6) is 0. The van der Waals surface area contributed by atoms with Crippen molar-refractivity contribution in [2.24, 2.45) is 0 Å². The molecule has 3 heteroatoms. The Bertz CT molecular complexity index is 233. The molecule has 0 unspecified atom stereocenters. The molecule has 1 aromatic rings. The highest BCUT2D eigenvalue weighted by Crippen LogP contribution is 2.04. The molecule has 0 aliphatic rings. The van der Waals surface area contributed by atoms with E-state index in [1.807, 2.05) is 18.2 Å². The standard InChI is InChI=1S/C8H8NO2/c1-11-8(10)9-7-5-3-2-4-6-7/h2-6H,1H3. The van der Waals surface area contributed by atoms with E-state index in [0.717, 1.165) is 0 Å². The fraction of sp³-hybridized carbons (Fsp3) is 0.125. The number of methoxy groups -OCH3 is 1. The largest absolute Gasteiger partial charge is 0.451 e. The first-order chi connectivity index (χ1) is 5.33. The van der Waals surface area contributed by atoms with Gasteiger partial charge >= 0.3 is 6.09 Å². The lowest BCUT2D eigenvalue weighted by Gasteiger charge is -1.97. The molecule has 0 atom stereocenters. The predicted octanol–water partition coefficient (Wildman–Crippen LogP) is 1.69. The van der Waals surface area contributed by atoms with E-state index in [9.17, 15) is 4.79 Å². The normalized spacial score (nSPS) is 8.82. The van der Waals surface area contributed by atoms with E-state index in [4.69, 9.17) is 0 Å². The molecule has 0 N–H and O–H groups in total. The maximum atomic E-state index is 10.6. The lowest BCUT2D eigenvalue weighted by molar-refractivity contribution is 0.175. The fourth-order valence-electron chi connectivity index (χ4n) is 0.654. The Morgan fingerprint density at radius 3 is 2.55 bits per heavy atom. The van der Waals surface area contributed by atoms with E-state index < -0.39 is 6.09 Å². The summed E-state index contributed by atoms with van der Waals surface area (Å²) in [6.45, 7) is 0. The van der Waals surface area contributed by atoms with Crippen LogP contribution in [0.15, 0.2) is 30.3 Å². The van der Waals surface area contributed by atoms with E-state index in [0.29, 0.717) is 5.69 Å². The van der Waals surface area contributed by atoms with Gasteiger partial charge in [-0.1, -0.05) is 18.2 Å². The van der Waals surface area contributed by atoms with Gasteiger partial charge in [-0.3, -0.25) is 0 Å². The first-order valence-corrected chi connectivity index (χ1v) is 3.17. The molecule has 0 heterocycles. The number of amides is 1. The van der Waals surface area contributed by atoms with E-state index in [-0.39, 0.29) is 0 Å². The van der Waals surface area contributed by atoms with Crippen LogP contribution in [0.2, 0.25) is 0 Å². The third-order valence-corrected chi connectivity index (χ3v) is 1.15. The van der Waals surface area contributed by atoms with Gasteiger partial charge in [-0.15, -0.1) is 0 Å². The summed E-state index contributed by atoms with van der Waals surface area (Å²) in [4.78, 5) is 10.6. The van der Waals surface area contributed by atoms with Crippen molar-refractivity contribution in [3.05, 3.63) is 30.3 Å². The van der Waals surface area contributed by atoms with Crippen LogP contribution in [0.25, 0.3) is 0 Å². The number of carbonyl (C=O) groups is 1. The topological polar surface area (TPSA) is 40.4 Å². The summed E-state index contributed by atoms with van der Waals surface area (Å²) >= 11 is 0. The molecule has 0 saturated carbocycles. The van der Waals surface area contributed by atoms with Gasteiger partial charge in [-0.2, -0.15) is 5.32 Å². The van der Waals surface area contributed by atoms with Crippen molar-refractivity contribution < 1.29 is 9.53 Å². The number of hydrogen-bond acceptors (Lipinski definition) is 2. The average Bonchev–Trinajstić information content (AvgIpc) is 2.06. The van der Waals surface area contributed by atoms with Crippen LogP contribution in [0.5, 0.6) is 0 Å². The first-order valence-electron chi connectivity index (χ1n) is 3.17. The zero-order chi connectivity index (χ0) is 8.10. The highest BCUT2D eigenvalue weighted by Gasteiger charge is 2.00. The Kier molecular flexibility index (Phi) is 2.49. The SMILES string of the molecule is COC(=O)[N]c1ccccc1. The smallest absolute Gasteiger partial charge is 0.433 e. The molecule has 1 amide bonds. The number of carbonyl (C=O) groups excluding carboxylic acids is 1. The van der Waals surface area contributed by atoms with Crippen molar-refractivity contribution >= 4 is 11.8 Å². The van der Waals surface area contributed by atoms with Crippen molar-refractivity contribution in [1.29, 1.82) is 0 Å². The van der Waals surface area contributed by atoms with Gasteiger partial charge in [-0.05, 0) is 12.1 Å². The van der Waals surface area contributed by atoms with Crippen LogP contribution >= 0.6 is 0 Å². The van der Waals surface area contributed by atoms with E-state index in [1.54, 1.807) is 12.1 Å². The van der Waals surface area contributed by atoms with Gasteiger partial charge < -0.3 is 4.74 Å². The maximum Gasteiger partial charge on any atom is 0.433 e. The van der Waals surface area contributed by atoms with Gasteiger partial charge in [0.2, 0.25) is 0 Å². The first kappa shape index (κ1) is 7.60. The number of benzene rings is 1. The molecule has 0 spiro atoms. The lowest BCUT2D eigenvalue weighted by atomic mass is 10.3. The molecular formula is C8H8NO2. The van der Waals surface area contributed by atoms with Gasteiger partial charge in [0.25, 0.3) is 0 Å². The average molecular weight is 150 g/mol. The Balaban J connectivity index is 2.58. The number of para-hydroxylation sites is 1. The molecule has 1 aromatic carbocycles. The van der Waals surface area contributed by atoms with Crippen molar-refractivity contribution in [2.45, 2.75) is 0 Å². The van der Waals surface area contributed by atoms with E-state index in [1.165, 1.54) is 7.11 Å². The predicted molar refractivity (Wildman–Crippen MR) is 40.6 cm³/mol. The van der Waals surface area contributed by atoms with Crippen molar-refractivity contribution in [3.63, 3.8) is 0 Å². The summed E-state index contributed by atoms with van der Waals surface area (Å²) in [6.07, 6.45) is -0.573. The Hall–Kier alpha value is -1.51. The van der Waals surface area contributed by atoms with Crippen LogP contribution in [-0.4, -0.2) is 13.2 Å². The van der Waals surface area contributed by atoms with Crippen LogP contribution in [-0.2, 0) is 4.74 Å². The molecule has 0 aliphatic carbocycles. The second-order valence-electron chi connectivity index (χ2n) is 1.92. The van der Waals surface area contributed by atoms with Gasteiger partial charge in [0.15, 0.2) is 0 Å². The highest BCUT2D eigenvalue weighted by atomic mass is 16.5. The second kappa shape index (κ2) is 3.61. The van der Waals surface area contributed by atoms with Gasteiger partial charge in [-0.25, -0.2) is 4.79 Å². The Labute approximate surface area is 65.0 Å². The van der Waals surface area contributed by atoms with Crippen molar-refractivity contribution in [2.75, 3.05) is 7.11 Å². The van der Waals surface area contributed by atoms with Crippen molar-refractivity contribution in [3.8, 4) is 0 Å². The highest BCUT2D eigenvalue weighted by molar-refractivity contribution is 5.72. The summed E-state index contributed by atoms with van der Waals surface area (Å²) in [7, 11) is 1.30. The number of rotatable bonds is 1. The minimum absolute atomic E-state index is 0.573. The van der Waals surface area contributed by atoms with Crippen LogP contribution in [0.4, 0.5) is 10.5 Å². The molecule has 1 radical (unpaired) electrons. The molecule has 0 fully saturated rings. The van der Waals surface area contributed by atoms with Gasteiger partial charge in [0.1, 0.15) is 0 Å². The van der Waals surface area contributed by atoms with Crippen LogP contribution in [0.3, 0.4) is 0 Å². The summed E-state index contributed by atoms with van der Waals surface area (Å²) in [6, 6.07) is 8.94. The summed E-state index contributed by atoms with van der Waals surface area (Å²) in [5.41, 5.74) is 0.611. The Morgan fingerprint density at radius 2 is 2.00 bits per heavy atom. The zero-order valence-corrected chi connectivity index (χ0v) is 6.15. The molecule has 1 rings (SSSR count). The molecule has 11 heavy (non-hydrogen) atoms. The maximum absolute atomic E-state index is 10.6. The van der Waals surface area contributed by atoms with Crippen LogP contribution < -0.4 is 5.32 Å². The molecule has 0 bridgehead atoms. The number of hydrogen-bond donors (Lipinski definition) is 0. The van der Waals surface area contributed by atoms with Crippen molar-refractivity contribution in [1.82, 2.24) is 5.32 Å². The summed E-state index contributed by atoms with van der Waals surface area (Å²) < 4.78 is 4.35.